The topological polar surface area (TPSA) is 71.3 Å². The number of furan rings is 1. The molecule has 0 aliphatic heterocycles. The van der Waals surface area contributed by atoms with Gasteiger partial charge in [-0.3, -0.25) is 0 Å². The van der Waals surface area contributed by atoms with Crippen LogP contribution < -0.4 is 10.0 Å². The summed E-state index contributed by atoms with van der Waals surface area (Å²) >= 11 is 0. The Labute approximate surface area is 128 Å². The lowest BCUT2D eigenvalue weighted by atomic mass is 10.0. The summed E-state index contributed by atoms with van der Waals surface area (Å²) in [4.78, 5) is 0. The van der Waals surface area contributed by atoms with E-state index in [2.05, 4.69) is 30.8 Å². The molecule has 0 saturated heterocycles. The highest BCUT2D eigenvalue weighted by atomic mass is 32.2. The largest absolute Gasteiger partial charge is 0.447 e. The van der Waals surface area contributed by atoms with Crippen molar-refractivity contribution >= 4 is 10.0 Å². The smallest absolute Gasteiger partial charge is 0.274 e. The number of hydrogen-bond donors (Lipinski definition) is 2. The quantitative estimate of drug-likeness (QED) is 0.651. The van der Waals surface area contributed by atoms with Crippen LogP contribution in [0.2, 0.25) is 0 Å². The summed E-state index contributed by atoms with van der Waals surface area (Å²) < 4.78 is 32.6. The van der Waals surface area contributed by atoms with Gasteiger partial charge in [0.2, 0.25) is 5.09 Å². The van der Waals surface area contributed by atoms with Gasteiger partial charge in [0.25, 0.3) is 10.0 Å². The molecule has 2 N–H and O–H groups in total. The minimum Gasteiger partial charge on any atom is -0.447 e. The van der Waals surface area contributed by atoms with Gasteiger partial charge in [-0.2, -0.15) is 0 Å². The van der Waals surface area contributed by atoms with Crippen LogP contribution in [0.15, 0.2) is 21.6 Å². The zero-order valence-electron chi connectivity index (χ0n) is 13.5. The Morgan fingerprint density at radius 3 is 2.57 bits per heavy atom. The molecule has 0 radical (unpaired) electrons. The minimum absolute atomic E-state index is 0.00759. The third kappa shape index (κ3) is 6.20. The van der Waals surface area contributed by atoms with E-state index in [1.165, 1.54) is 6.07 Å². The molecular formula is C15H28N2O3S. The van der Waals surface area contributed by atoms with Gasteiger partial charge in [-0.15, -0.1) is 0 Å². The van der Waals surface area contributed by atoms with Crippen molar-refractivity contribution in [1.29, 1.82) is 0 Å². The Hall–Kier alpha value is -0.850. The summed E-state index contributed by atoms with van der Waals surface area (Å²) in [5, 5.41) is 3.17. The van der Waals surface area contributed by atoms with E-state index in [4.69, 9.17) is 4.42 Å². The van der Waals surface area contributed by atoms with Gasteiger partial charge in [0.15, 0.2) is 0 Å². The standard InChI is InChI=1S/C15H28N2O3S/c1-5-9-16-11-14-7-8-15(20-14)21(18,19)17-13(4)10-12(3)6-2/h7-8,12-13,16-17H,5-6,9-11H2,1-4H3. The van der Waals surface area contributed by atoms with Gasteiger partial charge < -0.3 is 9.73 Å². The van der Waals surface area contributed by atoms with Crippen LogP contribution in [-0.2, 0) is 16.6 Å². The Bertz CT molecular complexity index is 511. The van der Waals surface area contributed by atoms with Gasteiger partial charge in [0.05, 0.1) is 6.54 Å². The third-order valence-corrected chi connectivity index (χ3v) is 4.90. The molecule has 1 aromatic heterocycles. The summed E-state index contributed by atoms with van der Waals surface area (Å²) in [6, 6.07) is 3.12. The van der Waals surface area contributed by atoms with Crippen LogP contribution >= 0.6 is 0 Å². The van der Waals surface area contributed by atoms with Crippen molar-refractivity contribution in [3.63, 3.8) is 0 Å². The van der Waals surface area contributed by atoms with E-state index in [9.17, 15) is 8.42 Å². The molecule has 6 heteroatoms. The number of sulfonamides is 1. The number of hydrogen-bond acceptors (Lipinski definition) is 4. The highest BCUT2D eigenvalue weighted by Crippen LogP contribution is 2.16. The van der Waals surface area contributed by atoms with Crippen LogP contribution in [0.5, 0.6) is 0 Å². The van der Waals surface area contributed by atoms with Crippen molar-refractivity contribution in [2.45, 2.75) is 64.6 Å². The highest BCUT2D eigenvalue weighted by molar-refractivity contribution is 7.89. The van der Waals surface area contributed by atoms with Crippen LogP contribution in [0.1, 0.15) is 52.7 Å². The van der Waals surface area contributed by atoms with Gasteiger partial charge in [-0.1, -0.05) is 27.2 Å². The first kappa shape index (κ1) is 18.2. The molecule has 1 heterocycles. The molecule has 5 nitrogen and oxygen atoms in total. The Kier molecular flexibility index (Phi) is 7.42. The second-order valence-electron chi connectivity index (χ2n) is 5.67. The van der Waals surface area contributed by atoms with Gasteiger partial charge in [0, 0.05) is 6.04 Å². The van der Waals surface area contributed by atoms with Crippen molar-refractivity contribution in [2.75, 3.05) is 6.54 Å². The fraction of sp³-hybridized carbons (Fsp3) is 0.733. The normalized spacial score (nSPS) is 15.0. The molecule has 0 amide bonds. The molecule has 1 aromatic rings. The van der Waals surface area contributed by atoms with Crippen molar-refractivity contribution in [3.05, 3.63) is 17.9 Å². The Morgan fingerprint density at radius 2 is 1.95 bits per heavy atom. The molecule has 1 rings (SSSR count). The van der Waals surface area contributed by atoms with Crippen molar-refractivity contribution in [1.82, 2.24) is 10.0 Å². The average Bonchev–Trinajstić information content (AvgIpc) is 2.87. The average molecular weight is 316 g/mol. The van der Waals surface area contributed by atoms with E-state index in [1.54, 1.807) is 6.07 Å². The lowest BCUT2D eigenvalue weighted by molar-refractivity contribution is 0.393. The Balaban J connectivity index is 2.61. The maximum absolute atomic E-state index is 12.2. The third-order valence-electron chi connectivity index (χ3n) is 3.44. The van der Waals surface area contributed by atoms with E-state index in [0.717, 1.165) is 25.8 Å². The molecule has 2 unspecified atom stereocenters. The number of rotatable bonds is 10. The van der Waals surface area contributed by atoms with Crippen molar-refractivity contribution in [3.8, 4) is 0 Å². The predicted molar refractivity (Wildman–Crippen MR) is 84.6 cm³/mol. The van der Waals surface area contributed by atoms with E-state index < -0.39 is 10.0 Å². The monoisotopic (exact) mass is 316 g/mol. The maximum Gasteiger partial charge on any atom is 0.274 e. The second kappa shape index (κ2) is 8.56. The van der Waals surface area contributed by atoms with E-state index in [0.29, 0.717) is 18.2 Å². The molecule has 0 aliphatic rings. The summed E-state index contributed by atoms with van der Waals surface area (Å²) in [5.41, 5.74) is 0. The fourth-order valence-electron chi connectivity index (χ4n) is 2.13. The molecule has 21 heavy (non-hydrogen) atoms. The zero-order chi connectivity index (χ0) is 15.9. The number of nitrogens with one attached hydrogen (secondary N) is 2. The molecule has 0 aromatic carbocycles. The lowest BCUT2D eigenvalue weighted by Crippen LogP contribution is -2.33. The van der Waals surface area contributed by atoms with E-state index in [-0.39, 0.29) is 11.1 Å². The van der Waals surface area contributed by atoms with E-state index >= 15 is 0 Å². The van der Waals surface area contributed by atoms with Crippen LogP contribution in [0, 0.1) is 5.92 Å². The molecule has 0 spiro atoms. The van der Waals surface area contributed by atoms with Crippen LogP contribution in [0.3, 0.4) is 0 Å². The molecule has 0 saturated carbocycles. The summed E-state index contributed by atoms with van der Waals surface area (Å²) in [5.74, 6) is 1.13. The lowest BCUT2D eigenvalue weighted by Gasteiger charge is -2.16. The second-order valence-corrected chi connectivity index (χ2v) is 7.31. The molecule has 0 fully saturated rings. The van der Waals surface area contributed by atoms with Crippen LogP contribution in [-0.4, -0.2) is 21.0 Å². The molecule has 0 bridgehead atoms. The van der Waals surface area contributed by atoms with Gasteiger partial charge in [-0.05, 0) is 44.4 Å². The first-order valence-electron chi connectivity index (χ1n) is 7.70. The predicted octanol–water partition coefficient (Wildman–Crippen LogP) is 2.88. The first-order valence-corrected chi connectivity index (χ1v) is 9.19. The molecular weight excluding hydrogens is 288 g/mol. The van der Waals surface area contributed by atoms with E-state index in [1.807, 2.05) is 6.92 Å². The summed E-state index contributed by atoms with van der Waals surface area (Å²) in [6.45, 7) is 9.62. The first-order chi connectivity index (χ1) is 9.89. The van der Waals surface area contributed by atoms with Gasteiger partial charge in [0.1, 0.15) is 5.76 Å². The zero-order valence-corrected chi connectivity index (χ0v) is 14.3. The summed E-state index contributed by atoms with van der Waals surface area (Å²) in [6.07, 6.45) is 2.89. The van der Waals surface area contributed by atoms with Crippen molar-refractivity contribution in [2.24, 2.45) is 5.92 Å². The molecule has 0 aliphatic carbocycles. The van der Waals surface area contributed by atoms with Crippen molar-refractivity contribution < 1.29 is 12.8 Å². The van der Waals surface area contributed by atoms with Gasteiger partial charge in [-0.25, -0.2) is 13.1 Å². The minimum atomic E-state index is -3.57. The fourth-order valence-corrected chi connectivity index (χ4v) is 3.33. The molecule has 122 valence electrons. The van der Waals surface area contributed by atoms with Crippen LogP contribution in [0.4, 0.5) is 0 Å². The SMILES string of the molecule is CCCNCc1ccc(S(=O)(=O)NC(C)CC(C)CC)o1. The Morgan fingerprint density at radius 1 is 1.24 bits per heavy atom. The molecule has 2 atom stereocenters. The maximum atomic E-state index is 12.2. The van der Waals surface area contributed by atoms with Gasteiger partial charge >= 0.3 is 0 Å². The highest BCUT2D eigenvalue weighted by Gasteiger charge is 2.22. The summed E-state index contributed by atoms with van der Waals surface area (Å²) in [7, 11) is -3.57. The van der Waals surface area contributed by atoms with Crippen LogP contribution in [0.25, 0.3) is 0 Å².